The quantitative estimate of drug-likeness (QED) is 0.548. The minimum absolute atomic E-state index is 0.0797. The summed E-state index contributed by atoms with van der Waals surface area (Å²) in [6.07, 6.45) is 3.74. The standard InChI is InChI=1S/C21H19Cl2F2N3O/c1-2-3-17-21(6-8-26-9-7-21)14-10-12(24)4-5-16(14)28(17)20(29)13-11-15(25)19(23)27-18(13)22/h2,4-5,10-11,17,26H,1,3,6-9H2/t17-/m1/s1. The molecule has 0 radical (unpaired) electrons. The molecule has 0 saturated carbocycles. The van der Waals surface area contributed by atoms with Crippen LogP contribution >= 0.6 is 23.2 Å². The van der Waals surface area contributed by atoms with Gasteiger partial charge in [-0.3, -0.25) is 4.79 Å². The Morgan fingerprint density at radius 1 is 1.28 bits per heavy atom. The molecule has 1 saturated heterocycles. The van der Waals surface area contributed by atoms with E-state index in [4.69, 9.17) is 23.2 Å². The van der Waals surface area contributed by atoms with Gasteiger partial charge in [-0.15, -0.1) is 6.58 Å². The van der Waals surface area contributed by atoms with E-state index in [2.05, 4.69) is 16.9 Å². The van der Waals surface area contributed by atoms with Crippen molar-refractivity contribution in [3.05, 3.63) is 70.0 Å². The molecule has 1 aromatic heterocycles. The number of fused-ring (bicyclic) bond motifs is 2. The molecule has 1 aromatic carbocycles. The summed E-state index contributed by atoms with van der Waals surface area (Å²) < 4.78 is 28.2. The van der Waals surface area contributed by atoms with Crippen LogP contribution in [-0.4, -0.2) is 30.0 Å². The third-order valence-electron chi connectivity index (χ3n) is 5.93. The molecule has 0 aliphatic carbocycles. The number of nitrogens with zero attached hydrogens (tertiary/aromatic N) is 2. The third kappa shape index (κ3) is 3.23. The number of pyridine rings is 1. The Hall–Kier alpha value is -2.02. The molecule has 0 unspecified atom stereocenters. The molecule has 1 spiro atoms. The first-order chi connectivity index (χ1) is 13.9. The minimum atomic E-state index is -0.824. The van der Waals surface area contributed by atoms with Gasteiger partial charge in [0.15, 0.2) is 11.0 Å². The Balaban J connectivity index is 1.89. The average molecular weight is 438 g/mol. The number of benzene rings is 1. The highest BCUT2D eigenvalue weighted by Crippen LogP contribution is 2.52. The fourth-order valence-electron chi connectivity index (χ4n) is 4.65. The molecular formula is C21H19Cl2F2N3O. The second kappa shape index (κ2) is 7.67. The first kappa shape index (κ1) is 20.3. The van der Waals surface area contributed by atoms with E-state index in [1.165, 1.54) is 12.1 Å². The van der Waals surface area contributed by atoms with Crippen LogP contribution in [0, 0.1) is 11.6 Å². The van der Waals surface area contributed by atoms with Crippen LogP contribution in [0.25, 0.3) is 0 Å². The van der Waals surface area contributed by atoms with Gasteiger partial charge >= 0.3 is 0 Å². The van der Waals surface area contributed by atoms with E-state index < -0.39 is 22.3 Å². The van der Waals surface area contributed by atoms with Crippen molar-refractivity contribution in [3.8, 4) is 0 Å². The van der Waals surface area contributed by atoms with Gasteiger partial charge in [-0.05, 0) is 62.2 Å². The van der Waals surface area contributed by atoms with E-state index in [0.717, 1.165) is 37.6 Å². The molecule has 152 valence electrons. The van der Waals surface area contributed by atoms with Crippen molar-refractivity contribution in [2.24, 2.45) is 0 Å². The molecule has 1 N–H and O–H groups in total. The number of hydrogen-bond acceptors (Lipinski definition) is 3. The maximum absolute atomic E-state index is 14.2. The van der Waals surface area contributed by atoms with Gasteiger partial charge in [-0.25, -0.2) is 13.8 Å². The van der Waals surface area contributed by atoms with E-state index in [1.54, 1.807) is 17.0 Å². The van der Waals surface area contributed by atoms with Gasteiger partial charge in [-0.1, -0.05) is 29.3 Å². The number of rotatable bonds is 3. The molecule has 4 nitrogen and oxygen atoms in total. The predicted molar refractivity (Wildman–Crippen MR) is 110 cm³/mol. The lowest BCUT2D eigenvalue weighted by Crippen LogP contribution is -2.51. The van der Waals surface area contributed by atoms with E-state index >= 15 is 0 Å². The SMILES string of the molecule is C=CC[C@H]1N(C(=O)c2cc(F)c(Cl)nc2Cl)c2ccc(F)cc2C12CCNCC2. The van der Waals surface area contributed by atoms with Gasteiger partial charge in [-0.2, -0.15) is 0 Å². The Labute approximate surface area is 177 Å². The van der Waals surface area contributed by atoms with Crippen LogP contribution in [0.2, 0.25) is 10.3 Å². The molecular weight excluding hydrogens is 419 g/mol. The van der Waals surface area contributed by atoms with Gasteiger partial charge in [0, 0.05) is 11.1 Å². The van der Waals surface area contributed by atoms with Crippen molar-refractivity contribution in [1.82, 2.24) is 10.3 Å². The molecule has 0 bridgehead atoms. The van der Waals surface area contributed by atoms with Crippen molar-refractivity contribution >= 4 is 34.8 Å². The summed E-state index contributed by atoms with van der Waals surface area (Å²) in [7, 11) is 0. The number of nitrogens with one attached hydrogen (secondary N) is 1. The minimum Gasteiger partial charge on any atom is -0.317 e. The van der Waals surface area contributed by atoms with E-state index in [-0.39, 0.29) is 22.6 Å². The number of carbonyl (C=O) groups is 1. The lowest BCUT2D eigenvalue weighted by atomic mass is 9.69. The molecule has 2 aliphatic heterocycles. The summed E-state index contributed by atoms with van der Waals surface area (Å²) in [5, 5.41) is 2.76. The van der Waals surface area contributed by atoms with Crippen LogP contribution in [-0.2, 0) is 5.41 Å². The molecule has 1 fully saturated rings. The van der Waals surface area contributed by atoms with Crippen molar-refractivity contribution in [3.63, 3.8) is 0 Å². The Morgan fingerprint density at radius 2 is 2.00 bits per heavy atom. The molecule has 4 rings (SSSR count). The molecule has 3 heterocycles. The zero-order valence-corrected chi connectivity index (χ0v) is 17.0. The second-order valence-electron chi connectivity index (χ2n) is 7.38. The smallest absolute Gasteiger partial charge is 0.261 e. The predicted octanol–water partition coefficient (Wildman–Crippen LogP) is 4.89. The van der Waals surface area contributed by atoms with Crippen LogP contribution in [0.1, 0.15) is 35.2 Å². The van der Waals surface area contributed by atoms with Crippen molar-refractivity contribution in [2.75, 3.05) is 18.0 Å². The second-order valence-corrected chi connectivity index (χ2v) is 8.10. The maximum atomic E-state index is 14.2. The molecule has 8 heteroatoms. The first-order valence-corrected chi connectivity index (χ1v) is 10.1. The highest BCUT2D eigenvalue weighted by molar-refractivity contribution is 6.35. The Bertz CT molecular complexity index is 992. The Kier molecular flexibility index (Phi) is 5.36. The highest BCUT2D eigenvalue weighted by Gasteiger charge is 2.52. The topological polar surface area (TPSA) is 45.2 Å². The lowest BCUT2D eigenvalue weighted by molar-refractivity contribution is 0.0964. The highest BCUT2D eigenvalue weighted by atomic mass is 35.5. The summed E-state index contributed by atoms with van der Waals surface area (Å²) in [6.45, 7) is 5.36. The number of hydrogen-bond donors (Lipinski definition) is 1. The molecule has 2 aliphatic rings. The van der Waals surface area contributed by atoms with Crippen LogP contribution < -0.4 is 10.2 Å². The normalized spacial score (nSPS) is 20.0. The first-order valence-electron chi connectivity index (χ1n) is 9.36. The molecule has 29 heavy (non-hydrogen) atoms. The summed E-state index contributed by atoms with van der Waals surface area (Å²) >= 11 is 11.8. The van der Waals surface area contributed by atoms with Crippen molar-refractivity contribution in [2.45, 2.75) is 30.7 Å². The van der Waals surface area contributed by atoms with E-state index in [0.29, 0.717) is 12.1 Å². The fourth-order valence-corrected chi connectivity index (χ4v) is 5.05. The third-order valence-corrected chi connectivity index (χ3v) is 6.48. The van der Waals surface area contributed by atoms with Gasteiger partial charge in [0.2, 0.25) is 0 Å². The molecule has 1 amide bonds. The summed E-state index contributed by atoms with van der Waals surface area (Å²) in [6, 6.07) is 5.14. The monoisotopic (exact) mass is 437 g/mol. The van der Waals surface area contributed by atoms with Gasteiger partial charge < -0.3 is 10.2 Å². The fraction of sp³-hybridized carbons (Fsp3) is 0.333. The number of aromatic nitrogens is 1. The number of piperidine rings is 1. The van der Waals surface area contributed by atoms with Crippen molar-refractivity contribution in [1.29, 1.82) is 0 Å². The zero-order chi connectivity index (χ0) is 20.8. The van der Waals surface area contributed by atoms with Crippen LogP contribution in [0.3, 0.4) is 0 Å². The van der Waals surface area contributed by atoms with Crippen LogP contribution in [0.5, 0.6) is 0 Å². The molecule has 1 atom stereocenters. The van der Waals surface area contributed by atoms with Crippen LogP contribution in [0.4, 0.5) is 14.5 Å². The number of amides is 1. The maximum Gasteiger partial charge on any atom is 0.261 e. The summed E-state index contributed by atoms with van der Waals surface area (Å²) in [5.74, 6) is -1.67. The summed E-state index contributed by atoms with van der Waals surface area (Å²) in [4.78, 5) is 18.9. The number of anilines is 1. The summed E-state index contributed by atoms with van der Waals surface area (Å²) in [5.41, 5.74) is 0.899. The molecule has 2 aromatic rings. The van der Waals surface area contributed by atoms with E-state index in [1.807, 2.05) is 0 Å². The lowest BCUT2D eigenvalue weighted by Gasteiger charge is -2.41. The Morgan fingerprint density at radius 3 is 2.69 bits per heavy atom. The largest absolute Gasteiger partial charge is 0.317 e. The average Bonchev–Trinajstić information content (AvgIpc) is 2.94. The van der Waals surface area contributed by atoms with Crippen molar-refractivity contribution < 1.29 is 13.6 Å². The van der Waals surface area contributed by atoms with Gasteiger partial charge in [0.25, 0.3) is 5.91 Å². The zero-order valence-electron chi connectivity index (χ0n) is 15.5. The van der Waals surface area contributed by atoms with Gasteiger partial charge in [0.1, 0.15) is 11.0 Å². The number of carbonyl (C=O) groups excluding carboxylic acids is 1. The van der Waals surface area contributed by atoms with Gasteiger partial charge in [0.05, 0.1) is 11.6 Å². The number of halogens is 4. The van der Waals surface area contributed by atoms with E-state index in [9.17, 15) is 13.6 Å². The van der Waals surface area contributed by atoms with Crippen LogP contribution in [0.15, 0.2) is 36.9 Å².